The molecule has 5 rings (SSSR count). The minimum atomic E-state index is -0.0229. The molecule has 2 aliphatic heterocycles. The van der Waals surface area contributed by atoms with Crippen LogP contribution in [0, 0.1) is 0 Å². The summed E-state index contributed by atoms with van der Waals surface area (Å²) in [6.45, 7) is 1.12. The molecule has 1 saturated carbocycles. The van der Waals surface area contributed by atoms with Gasteiger partial charge < -0.3 is 0 Å². The van der Waals surface area contributed by atoms with Crippen molar-refractivity contribution >= 4 is 11.7 Å². The van der Waals surface area contributed by atoms with E-state index in [0.717, 1.165) is 18.7 Å². The average molecular weight is 390 g/mol. The SMILES string of the molecule is CN1C(=O)N(C2CCCN2C2CCCCC2)C(c2ccccc2)c2ccccc21. The molecule has 2 unspecified atom stereocenters. The van der Waals surface area contributed by atoms with Crippen molar-refractivity contribution in [1.82, 2.24) is 9.80 Å². The number of urea groups is 1. The maximum absolute atomic E-state index is 13.7. The van der Waals surface area contributed by atoms with Gasteiger partial charge in [0.15, 0.2) is 0 Å². The van der Waals surface area contributed by atoms with Crippen LogP contribution in [0.25, 0.3) is 0 Å². The van der Waals surface area contributed by atoms with Crippen LogP contribution in [0.15, 0.2) is 54.6 Å². The molecule has 2 aromatic rings. The first-order chi connectivity index (χ1) is 14.3. The largest absolute Gasteiger partial charge is 0.326 e. The van der Waals surface area contributed by atoms with E-state index in [1.54, 1.807) is 0 Å². The summed E-state index contributed by atoms with van der Waals surface area (Å²) in [7, 11) is 1.93. The standard InChI is InChI=1S/C25H31N3O/c1-26-22-16-9-8-15-21(22)24(19-11-4-2-5-12-19)28(25(26)29)23-17-10-18-27(23)20-13-6-3-7-14-20/h2,4-5,8-9,11-12,15-16,20,23-24H,3,6-7,10,13-14,17-18H2,1H3. The third-order valence-corrected chi connectivity index (χ3v) is 7.12. The highest BCUT2D eigenvalue weighted by atomic mass is 16.2. The molecule has 2 amide bonds. The fourth-order valence-electron chi connectivity index (χ4n) is 5.74. The number of anilines is 1. The van der Waals surface area contributed by atoms with E-state index < -0.39 is 0 Å². The molecule has 2 atom stereocenters. The predicted molar refractivity (Wildman–Crippen MR) is 117 cm³/mol. The molecule has 1 aliphatic carbocycles. The zero-order valence-electron chi connectivity index (χ0n) is 17.3. The van der Waals surface area contributed by atoms with Crippen LogP contribution in [0.1, 0.15) is 62.1 Å². The summed E-state index contributed by atoms with van der Waals surface area (Å²) < 4.78 is 0. The Kier molecular flexibility index (Phi) is 5.04. The van der Waals surface area contributed by atoms with E-state index in [1.165, 1.54) is 49.7 Å². The van der Waals surface area contributed by atoms with Crippen LogP contribution in [0.3, 0.4) is 0 Å². The Balaban J connectivity index is 1.58. The van der Waals surface area contributed by atoms with Gasteiger partial charge in [-0.2, -0.15) is 0 Å². The third kappa shape index (κ3) is 3.24. The zero-order chi connectivity index (χ0) is 19.8. The van der Waals surface area contributed by atoms with Gasteiger partial charge in [0, 0.05) is 25.2 Å². The average Bonchev–Trinajstić information content (AvgIpc) is 3.27. The second-order valence-corrected chi connectivity index (χ2v) is 8.77. The first kappa shape index (κ1) is 18.7. The Morgan fingerprint density at radius 2 is 1.55 bits per heavy atom. The first-order valence-corrected chi connectivity index (χ1v) is 11.2. The summed E-state index contributed by atoms with van der Waals surface area (Å²) in [5.41, 5.74) is 3.47. The van der Waals surface area contributed by atoms with Crippen LogP contribution >= 0.6 is 0 Å². The highest BCUT2D eigenvalue weighted by Crippen LogP contribution is 2.44. The van der Waals surface area contributed by atoms with Gasteiger partial charge in [-0.15, -0.1) is 0 Å². The van der Waals surface area contributed by atoms with Crippen molar-refractivity contribution in [2.24, 2.45) is 0 Å². The fraction of sp³-hybridized carbons (Fsp3) is 0.480. The minimum absolute atomic E-state index is 0.0229. The molecule has 0 N–H and O–H groups in total. The number of hydrogen-bond acceptors (Lipinski definition) is 2. The first-order valence-electron chi connectivity index (χ1n) is 11.2. The lowest BCUT2D eigenvalue weighted by atomic mass is 9.91. The van der Waals surface area contributed by atoms with Gasteiger partial charge in [-0.3, -0.25) is 14.7 Å². The van der Waals surface area contributed by atoms with Crippen LogP contribution in [0.2, 0.25) is 0 Å². The number of carbonyl (C=O) groups excluding carboxylic acids is 1. The number of hydrogen-bond donors (Lipinski definition) is 0. The molecular weight excluding hydrogens is 358 g/mol. The minimum Gasteiger partial charge on any atom is -0.297 e. The van der Waals surface area contributed by atoms with Crippen LogP contribution < -0.4 is 4.90 Å². The molecule has 29 heavy (non-hydrogen) atoms. The number of nitrogens with zero attached hydrogens (tertiary/aromatic N) is 3. The molecule has 3 aliphatic rings. The highest BCUT2D eigenvalue weighted by molar-refractivity contribution is 5.95. The van der Waals surface area contributed by atoms with Crippen molar-refractivity contribution in [2.75, 3.05) is 18.5 Å². The smallest absolute Gasteiger partial charge is 0.297 e. The van der Waals surface area contributed by atoms with Crippen LogP contribution in [0.4, 0.5) is 10.5 Å². The highest BCUT2D eigenvalue weighted by Gasteiger charge is 2.45. The van der Waals surface area contributed by atoms with Crippen molar-refractivity contribution in [3.63, 3.8) is 0 Å². The molecule has 0 radical (unpaired) electrons. The summed E-state index contributed by atoms with van der Waals surface area (Å²) in [6.07, 6.45) is 9.01. The van der Waals surface area contributed by atoms with E-state index in [0.29, 0.717) is 6.04 Å². The second-order valence-electron chi connectivity index (χ2n) is 8.77. The lowest BCUT2D eigenvalue weighted by molar-refractivity contribution is 0.0375. The van der Waals surface area contributed by atoms with Crippen molar-refractivity contribution < 1.29 is 4.79 Å². The Morgan fingerprint density at radius 3 is 2.34 bits per heavy atom. The Morgan fingerprint density at radius 1 is 0.828 bits per heavy atom. The lowest BCUT2D eigenvalue weighted by Gasteiger charge is -2.48. The quantitative estimate of drug-likeness (QED) is 0.702. The molecule has 2 heterocycles. The number of rotatable bonds is 3. The third-order valence-electron chi connectivity index (χ3n) is 7.12. The fourth-order valence-corrected chi connectivity index (χ4v) is 5.74. The predicted octanol–water partition coefficient (Wildman–Crippen LogP) is 5.40. The molecule has 0 spiro atoms. The number of fused-ring (bicyclic) bond motifs is 1. The van der Waals surface area contributed by atoms with E-state index >= 15 is 0 Å². The number of carbonyl (C=O) groups is 1. The molecule has 2 fully saturated rings. The summed E-state index contributed by atoms with van der Waals surface area (Å²) in [6, 6.07) is 19.7. The van der Waals surface area contributed by atoms with E-state index in [9.17, 15) is 4.79 Å². The van der Waals surface area contributed by atoms with Gasteiger partial charge >= 0.3 is 6.03 Å². The van der Waals surface area contributed by atoms with Crippen molar-refractivity contribution in [3.8, 4) is 0 Å². The van der Waals surface area contributed by atoms with Crippen LogP contribution in [0.5, 0.6) is 0 Å². The number of likely N-dealkylation sites (tertiary alicyclic amines) is 1. The van der Waals surface area contributed by atoms with Gasteiger partial charge in [0.25, 0.3) is 0 Å². The van der Waals surface area contributed by atoms with Gasteiger partial charge in [-0.25, -0.2) is 4.79 Å². The normalized spacial score (nSPS) is 26.0. The zero-order valence-corrected chi connectivity index (χ0v) is 17.3. The van der Waals surface area contributed by atoms with Gasteiger partial charge in [-0.05, 0) is 37.3 Å². The molecule has 0 aromatic heterocycles. The van der Waals surface area contributed by atoms with E-state index in [1.807, 2.05) is 18.0 Å². The molecule has 1 saturated heterocycles. The van der Waals surface area contributed by atoms with Crippen molar-refractivity contribution in [2.45, 2.75) is 63.2 Å². The monoisotopic (exact) mass is 389 g/mol. The molecule has 4 heteroatoms. The number of benzene rings is 2. The summed E-state index contributed by atoms with van der Waals surface area (Å²) in [5.74, 6) is 0. The molecule has 4 nitrogen and oxygen atoms in total. The summed E-state index contributed by atoms with van der Waals surface area (Å²) in [4.78, 5) is 20.4. The van der Waals surface area contributed by atoms with Gasteiger partial charge in [0.2, 0.25) is 0 Å². The molecule has 0 bridgehead atoms. The van der Waals surface area contributed by atoms with Gasteiger partial charge in [-0.1, -0.05) is 67.8 Å². The van der Waals surface area contributed by atoms with Crippen LogP contribution in [-0.4, -0.2) is 41.6 Å². The van der Waals surface area contributed by atoms with Crippen molar-refractivity contribution in [1.29, 1.82) is 0 Å². The van der Waals surface area contributed by atoms with E-state index in [4.69, 9.17) is 0 Å². The number of amides is 2. The van der Waals surface area contributed by atoms with Crippen LogP contribution in [-0.2, 0) is 0 Å². The Labute approximate surface area is 174 Å². The lowest BCUT2D eigenvalue weighted by Crippen LogP contribution is -2.58. The topological polar surface area (TPSA) is 26.8 Å². The Hall–Kier alpha value is -2.33. The summed E-state index contributed by atoms with van der Waals surface area (Å²) >= 11 is 0. The van der Waals surface area contributed by atoms with E-state index in [-0.39, 0.29) is 18.2 Å². The van der Waals surface area contributed by atoms with Gasteiger partial charge in [0.05, 0.1) is 17.9 Å². The van der Waals surface area contributed by atoms with E-state index in [2.05, 4.69) is 58.3 Å². The molecular formula is C25H31N3O. The number of para-hydroxylation sites is 1. The molecule has 2 aromatic carbocycles. The maximum atomic E-state index is 13.7. The summed E-state index contributed by atoms with van der Waals surface area (Å²) in [5, 5.41) is 0. The maximum Gasteiger partial charge on any atom is 0.326 e. The Bertz CT molecular complexity index is 861. The second kappa shape index (κ2) is 7.83. The van der Waals surface area contributed by atoms with Crippen molar-refractivity contribution in [3.05, 3.63) is 65.7 Å². The molecule has 152 valence electrons. The van der Waals surface area contributed by atoms with Gasteiger partial charge in [0.1, 0.15) is 0 Å².